The van der Waals surface area contributed by atoms with Gasteiger partial charge in [0.2, 0.25) is 6.41 Å². The molecule has 0 saturated carbocycles. The van der Waals surface area contributed by atoms with Gasteiger partial charge in [0.05, 0.1) is 11.9 Å². The fourth-order valence-corrected chi connectivity index (χ4v) is 0.657. The van der Waals surface area contributed by atoms with Gasteiger partial charge in [0.15, 0.2) is 0 Å². The van der Waals surface area contributed by atoms with Crippen LogP contribution >= 0.6 is 0 Å². The first-order valence-corrected chi connectivity index (χ1v) is 3.25. The Kier molecular flexibility index (Phi) is 2.78. The van der Waals surface area contributed by atoms with Gasteiger partial charge >= 0.3 is 0 Å². The highest BCUT2D eigenvalue weighted by Crippen LogP contribution is 2.10. The molecule has 1 aromatic rings. The average molecular weight is 164 g/mol. The van der Waals surface area contributed by atoms with Crippen LogP contribution in [0.5, 0.6) is 0 Å². The zero-order valence-electron chi connectivity index (χ0n) is 6.32. The standard InChI is InChI=1S/C7H8N4O/c1-8-6-2-3-7(9-4-6)11-10-5-12/h2-5H,1H2,(H,9,11)(H,10,12). The Morgan fingerprint density at radius 2 is 2.42 bits per heavy atom. The van der Waals surface area contributed by atoms with Crippen molar-refractivity contribution < 1.29 is 4.79 Å². The molecule has 1 heterocycles. The van der Waals surface area contributed by atoms with Gasteiger partial charge in [-0.15, -0.1) is 0 Å². The number of pyridine rings is 1. The number of nitrogens with zero attached hydrogens (tertiary/aromatic N) is 2. The second-order valence-electron chi connectivity index (χ2n) is 1.95. The fourth-order valence-electron chi connectivity index (χ4n) is 0.657. The maximum atomic E-state index is 9.87. The van der Waals surface area contributed by atoms with Gasteiger partial charge in [-0.2, -0.15) is 0 Å². The summed E-state index contributed by atoms with van der Waals surface area (Å²) in [4.78, 5) is 17.5. The Morgan fingerprint density at radius 1 is 1.58 bits per heavy atom. The van der Waals surface area contributed by atoms with Crippen LogP contribution in [0.1, 0.15) is 0 Å². The van der Waals surface area contributed by atoms with Crippen LogP contribution < -0.4 is 10.9 Å². The van der Waals surface area contributed by atoms with Crippen LogP contribution in [0.15, 0.2) is 23.3 Å². The van der Waals surface area contributed by atoms with Crippen LogP contribution in [0.25, 0.3) is 0 Å². The molecule has 0 unspecified atom stereocenters. The molecule has 0 saturated heterocycles. The van der Waals surface area contributed by atoms with Crippen LogP contribution in [0.3, 0.4) is 0 Å². The summed E-state index contributed by atoms with van der Waals surface area (Å²) in [6.45, 7) is 3.34. The lowest BCUT2D eigenvalue weighted by Gasteiger charge is -2.01. The summed E-state index contributed by atoms with van der Waals surface area (Å²) in [5.41, 5.74) is 5.50. The summed E-state index contributed by atoms with van der Waals surface area (Å²) >= 11 is 0. The molecule has 1 aromatic heterocycles. The Bertz CT molecular complexity index is 269. The molecule has 2 N–H and O–H groups in total. The van der Waals surface area contributed by atoms with E-state index in [1.54, 1.807) is 18.3 Å². The minimum Gasteiger partial charge on any atom is -0.282 e. The Balaban J connectivity index is 2.64. The first-order chi connectivity index (χ1) is 5.86. The molecule has 1 amide bonds. The number of nitrogens with one attached hydrogen (secondary N) is 2. The van der Waals surface area contributed by atoms with Gasteiger partial charge in [-0.3, -0.25) is 20.6 Å². The van der Waals surface area contributed by atoms with Gasteiger partial charge in [0, 0.05) is 0 Å². The second kappa shape index (κ2) is 4.07. The number of carbonyl (C=O) groups is 1. The van der Waals surface area contributed by atoms with Crippen molar-refractivity contribution in [2.75, 3.05) is 5.43 Å². The Hall–Kier alpha value is -1.91. The summed E-state index contributed by atoms with van der Waals surface area (Å²) in [6.07, 6.45) is 2.07. The van der Waals surface area contributed by atoms with E-state index in [0.29, 0.717) is 17.9 Å². The summed E-state index contributed by atoms with van der Waals surface area (Å²) in [5, 5.41) is 0. The summed E-state index contributed by atoms with van der Waals surface area (Å²) in [6, 6.07) is 3.41. The molecule has 0 aliphatic rings. The number of aromatic nitrogens is 1. The third-order valence-electron chi connectivity index (χ3n) is 1.19. The highest BCUT2D eigenvalue weighted by atomic mass is 16.1. The predicted molar refractivity (Wildman–Crippen MR) is 46.3 cm³/mol. The van der Waals surface area contributed by atoms with E-state index in [-0.39, 0.29) is 0 Å². The highest BCUT2D eigenvalue weighted by molar-refractivity contribution is 5.52. The van der Waals surface area contributed by atoms with Gasteiger partial charge < -0.3 is 0 Å². The third-order valence-corrected chi connectivity index (χ3v) is 1.19. The molecular formula is C7H8N4O. The number of carbonyl (C=O) groups excluding carboxylic acids is 1. The molecule has 5 nitrogen and oxygen atoms in total. The molecule has 5 heteroatoms. The number of amides is 1. The van der Waals surface area contributed by atoms with E-state index in [2.05, 4.69) is 27.5 Å². The normalized spacial score (nSPS) is 8.67. The largest absolute Gasteiger partial charge is 0.282 e. The van der Waals surface area contributed by atoms with Crippen molar-refractivity contribution in [3.8, 4) is 0 Å². The molecule has 0 spiro atoms. The molecule has 0 fully saturated rings. The number of anilines is 1. The SMILES string of the molecule is C=Nc1ccc(NNC=O)nc1. The van der Waals surface area contributed by atoms with Crippen LogP contribution in [-0.4, -0.2) is 18.1 Å². The first kappa shape index (κ1) is 8.19. The van der Waals surface area contributed by atoms with Gasteiger partial charge in [-0.1, -0.05) is 0 Å². The van der Waals surface area contributed by atoms with Gasteiger partial charge in [0.25, 0.3) is 0 Å². The molecule has 0 radical (unpaired) electrons. The lowest BCUT2D eigenvalue weighted by Crippen LogP contribution is -2.19. The van der Waals surface area contributed by atoms with Crippen molar-refractivity contribution in [1.82, 2.24) is 10.4 Å². The quantitative estimate of drug-likeness (QED) is 0.386. The summed E-state index contributed by atoms with van der Waals surface area (Å²) in [5.74, 6) is 0.550. The molecule has 12 heavy (non-hydrogen) atoms. The van der Waals surface area contributed by atoms with Gasteiger partial charge in [0.1, 0.15) is 5.82 Å². The van der Waals surface area contributed by atoms with E-state index >= 15 is 0 Å². The number of hydrazine groups is 1. The maximum Gasteiger partial charge on any atom is 0.225 e. The topological polar surface area (TPSA) is 66.4 Å². The van der Waals surface area contributed by atoms with Crippen molar-refractivity contribution in [2.24, 2.45) is 4.99 Å². The smallest absolute Gasteiger partial charge is 0.225 e. The van der Waals surface area contributed by atoms with E-state index in [4.69, 9.17) is 0 Å². The van der Waals surface area contributed by atoms with E-state index in [9.17, 15) is 4.79 Å². The predicted octanol–water partition coefficient (Wildman–Crippen LogP) is 0.487. The van der Waals surface area contributed by atoms with Crippen molar-refractivity contribution in [3.63, 3.8) is 0 Å². The van der Waals surface area contributed by atoms with Crippen LogP contribution in [0.2, 0.25) is 0 Å². The molecule has 0 aliphatic carbocycles. The maximum absolute atomic E-state index is 9.87. The monoisotopic (exact) mass is 164 g/mol. The molecule has 0 aromatic carbocycles. The highest BCUT2D eigenvalue weighted by Gasteiger charge is 1.90. The van der Waals surface area contributed by atoms with E-state index in [1.807, 2.05) is 0 Å². The zero-order valence-corrected chi connectivity index (χ0v) is 6.32. The Labute approximate surface area is 69.5 Å². The molecule has 1 rings (SSSR count). The molecule has 0 atom stereocenters. The van der Waals surface area contributed by atoms with Crippen molar-refractivity contribution >= 4 is 24.6 Å². The molecule has 62 valence electrons. The second-order valence-corrected chi connectivity index (χ2v) is 1.95. The summed E-state index contributed by atoms with van der Waals surface area (Å²) < 4.78 is 0. The fraction of sp³-hybridized carbons (Fsp3) is 0. The first-order valence-electron chi connectivity index (χ1n) is 3.25. The van der Waals surface area contributed by atoms with Crippen LogP contribution in [0.4, 0.5) is 11.5 Å². The zero-order chi connectivity index (χ0) is 8.81. The van der Waals surface area contributed by atoms with E-state index < -0.39 is 0 Å². The third kappa shape index (κ3) is 2.05. The van der Waals surface area contributed by atoms with Crippen molar-refractivity contribution in [2.45, 2.75) is 0 Å². The number of hydrogen-bond donors (Lipinski definition) is 2. The number of hydrogen-bond acceptors (Lipinski definition) is 4. The molecular weight excluding hydrogens is 156 g/mol. The minimum atomic E-state index is 0.529. The number of aliphatic imine (C=N–C) groups is 1. The van der Waals surface area contributed by atoms with Crippen LogP contribution in [-0.2, 0) is 4.79 Å². The summed E-state index contributed by atoms with van der Waals surface area (Å²) in [7, 11) is 0. The van der Waals surface area contributed by atoms with Crippen molar-refractivity contribution in [1.29, 1.82) is 0 Å². The molecule has 0 bridgehead atoms. The lowest BCUT2D eigenvalue weighted by atomic mass is 10.4. The molecule has 0 aliphatic heterocycles. The minimum absolute atomic E-state index is 0.529. The van der Waals surface area contributed by atoms with Crippen molar-refractivity contribution in [3.05, 3.63) is 18.3 Å². The average Bonchev–Trinajstić information content (AvgIpc) is 2.15. The number of rotatable bonds is 4. The van der Waals surface area contributed by atoms with E-state index in [0.717, 1.165) is 0 Å². The van der Waals surface area contributed by atoms with Gasteiger partial charge in [-0.25, -0.2) is 4.98 Å². The Morgan fingerprint density at radius 3 is 2.92 bits per heavy atom. The lowest BCUT2D eigenvalue weighted by molar-refractivity contribution is -0.109. The van der Waals surface area contributed by atoms with Gasteiger partial charge in [-0.05, 0) is 18.9 Å². The van der Waals surface area contributed by atoms with E-state index in [1.165, 1.54) is 0 Å². The van der Waals surface area contributed by atoms with Crippen LogP contribution in [0, 0.1) is 0 Å².